The number of carbonyl (C=O) groups excluding carboxylic acids is 1. The lowest BCUT2D eigenvalue weighted by molar-refractivity contribution is 0.0527. The molecule has 16 heavy (non-hydrogen) atoms. The van der Waals surface area contributed by atoms with E-state index in [4.69, 9.17) is 4.74 Å². The Morgan fingerprint density at radius 2 is 2.12 bits per heavy atom. The summed E-state index contributed by atoms with van der Waals surface area (Å²) in [5.74, 6) is -0.423. The number of esters is 1. The van der Waals surface area contributed by atoms with E-state index in [2.05, 4.69) is 9.97 Å². The lowest BCUT2D eigenvalue weighted by Gasteiger charge is -2.00. The van der Waals surface area contributed by atoms with Gasteiger partial charge in [0.2, 0.25) is 5.56 Å². The second kappa shape index (κ2) is 3.84. The summed E-state index contributed by atoms with van der Waals surface area (Å²) in [6.07, 6.45) is 0. The van der Waals surface area contributed by atoms with Gasteiger partial charge in [-0.3, -0.25) is 4.79 Å². The van der Waals surface area contributed by atoms with Crippen LogP contribution in [-0.4, -0.2) is 22.5 Å². The van der Waals surface area contributed by atoms with Gasteiger partial charge < -0.3 is 14.7 Å². The van der Waals surface area contributed by atoms with Crippen LogP contribution in [0.25, 0.3) is 11.0 Å². The zero-order valence-electron chi connectivity index (χ0n) is 9.09. The highest BCUT2D eigenvalue weighted by Crippen LogP contribution is 2.19. The number of carbonyl (C=O) groups is 1. The molecule has 5 heteroatoms. The van der Waals surface area contributed by atoms with Gasteiger partial charge in [-0.15, -0.1) is 0 Å². The molecule has 2 N–H and O–H groups in total. The molecule has 0 aliphatic rings. The Hall–Kier alpha value is -2.04. The lowest BCUT2D eigenvalue weighted by Crippen LogP contribution is -2.08. The molecule has 0 aromatic carbocycles. The quantitative estimate of drug-likeness (QED) is 0.750. The summed E-state index contributed by atoms with van der Waals surface area (Å²) in [6.45, 7) is 3.82. The van der Waals surface area contributed by atoms with E-state index in [1.54, 1.807) is 19.9 Å². The number of H-pyrrole nitrogens is 2. The van der Waals surface area contributed by atoms with Crippen LogP contribution in [0.1, 0.15) is 23.0 Å². The lowest BCUT2D eigenvalue weighted by atomic mass is 10.2. The smallest absolute Gasteiger partial charge is 0.342 e. The number of pyridine rings is 1. The van der Waals surface area contributed by atoms with E-state index >= 15 is 0 Å². The molecular formula is C11H12N2O3. The number of aromatic nitrogens is 2. The molecule has 5 nitrogen and oxygen atoms in total. The van der Waals surface area contributed by atoms with E-state index < -0.39 is 5.97 Å². The summed E-state index contributed by atoms with van der Waals surface area (Å²) in [6, 6.07) is 3.05. The number of aryl methyl sites for hydroxylation is 1. The third-order valence-corrected chi connectivity index (χ3v) is 2.35. The normalized spacial score (nSPS) is 10.6. The second-order valence-electron chi connectivity index (χ2n) is 3.46. The Bertz CT molecular complexity index is 595. The van der Waals surface area contributed by atoms with Crippen molar-refractivity contribution in [1.82, 2.24) is 9.97 Å². The number of fused-ring (bicyclic) bond motifs is 1. The molecule has 0 unspecified atom stereocenters. The number of ether oxygens (including phenoxy) is 1. The molecule has 0 aliphatic carbocycles. The third kappa shape index (κ3) is 1.60. The second-order valence-corrected chi connectivity index (χ2v) is 3.46. The summed E-state index contributed by atoms with van der Waals surface area (Å²) >= 11 is 0. The molecule has 84 valence electrons. The first-order chi connectivity index (χ1) is 7.63. The SMILES string of the molecule is CCOC(=O)c1c(C)[nH]c2ccc(=O)[nH]c12. The van der Waals surface area contributed by atoms with Crippen molar-refractivity contribution in [3.8, 4) is 0 Å². The van der Waals surface area contributed by atoms with Crippen molar-refractivity contribution in [2.45, 2.75) is 13.8 Å². The van der Waals surface area contributed by atoms with E-state index in [1.807, 2.05) is 0 Å². The minimum absolute atomic E-state index is 0.239. The Kier molecular flexibility index (Phi) is 2.52. The van der Waals surface area contributed by atoms with Gasteiger partial charge in [-0.1, -0.05) is 0 Å². The van der Waals surface area contributed by atoms with E-state index in [1.165, 1.54) is 6.07 Å². The molecule has 0 fully saturated rings. The predicted octanol–water partition coefficient (Wildman–Crippen LogP) is 1.34. The van der Waals surface area contributed by atoms with Crippen LogP contribution in [0, 0.1) is 6.92 Å². The molecule has 0 saturated heterocycles. The maximum atomic E-state index is 11.7. The average Bonchev–Trinajstić information content (AvgIpc) is 2.53. The highest BCUT2D eigenvalue weighted by atomic mass is 16.5. The van der Waals surface area contributed by atoms with Gasteiger partial charge in [-0.25, -0.2) is 4.79 Å². The molecule has 0 bridgehead atoms. The van der Waals surface area contributed by atoms with Crippen LogP contribution >= 0.6 is 0 Å². The topological polar surface area (TPSA) is 75.0 Å². The van der Waals surface area contributed by atoms with E-state index in [0.717, 1.165) is 5.52 Å². The molecule has 2 heterocycles. The van der Waals surface area contributed by atoms with Crippen LogP contribution in [0.4, 0.5) is 0 Å². The van der Waals surface area contributed by atoms with Crippen molar-refractivity contribution in [2.24, 2.45) is 0 Å². The van der Waals surface area contributed by atoms with Crippen molar-refractivity contribution < 1.29 is 9.53 Å². The fourth-order valence-electron chi connectivity index (χ4n) is 1.69. The van der Waals surface area contributed by atoms with Crippen LogP contribution < -0.4 is 5.56 Å². The fraction of sp³-hybridized carbons (Fsp3) is 0.273. The molecule has 0 saturated carbocycles. The number of hydrogen-bond acceptors (Lipinski definition) is 3. The van der Waals surface area contributed by atoms with Gasteiger partial charge in [-0.2, -0.15) is 0 Å². The fourth-order valence-corrected chi connectivity index (χ4v) is 1.69. The minimum Gasteiger partial charge on any atom is -0.462 e. The summed E-state index contributed by atoms with van der Waals surface area (Å²) in [5, 5.41) is 0. The van der Waals surface area contributed by atoms with Crippen LogP contribution in [-0.2, 0) is 4.74 Å². The van der Waals surface area contributed by atoms with Crippen LogP contribution in [0.5, 0.6) is 0 Å². The zero-order chi connectivity index (χ0) is 11.7. The maximum Gasteiger partial charge on any atom is 0.342 e. The van der Waals surface area contributed by atoms with Crippen molar-refractivity contribution in [3.63, 3.8) is 0 Å². The van der Waals surface area contributed by atoms with Crippen molar-refractivity contribution in [3.05, 3.63) is 33.7 Å². The van der Waals surface area contributed by atoms with Gasteiger partial charge in [0, 0.05) is 11.8 Å². The van der Waals surface area contributed by atoms with Gasteiger partial charge in [0.05, 0.1) is 17.6 Å². The molecule has 2 rings (SSSR count). The standard InChI is InChI=1S/C11H12N2O3/c1-3-16-11(15)9-6(2)12-7-4-5-8(14)13-10(7)9/h4-5,12H,3H2,1-2H3,(H,13,14). The summed E-state index contributed by atoms with van der Waals surface area (Å²) < 4.78 is 4.93. The Morgan fingerprint density at radius 1 is 1.38 bits per heavy atom. The third-order valence-electron chi connectivity index (χ3n) is 2.35. The number of hydrogen-bond donors (Lipinski definition) is 2. The number of nitrogens with one attached hydrogen (secondary N) is 2. The van der Waals surface area contributed by atoms with Gasteiger partial charge in [0.25, 0.3) is 0 Å². The van der Waals surface area contributed by atoms with Crippen LogP contribution in [0.3, 0.4) is 0 Å². The number of rotatable bonds is 2. The molecule has 0 atom stereocenters. The Balaban J connectivity index is 2.67. The molecule has 2 aromatic heterocycles. The van der Waals surface area contributed by atoms with Gasteiger partial charge in [0.15, 0.2) is 0 Å². The average molecular weight is 220 g/mol. The molecular weight excluding hydrogens is 208 g/mol. The van der Waals surface area contributed by atoms with Crippen molar-refractivity contribution in [1.29, 1.82) is 0 Å². The summed E-state index contributed by atoms with van der Waals surface area (Å²) in [5.41, 5.74) is 2.07. The Morgan fingerprint density at radius 3 is 2.81 bits per heavy atom. The maximum absolute atomic E-state index is 11.7. The molecule has 0 spiro atoms. The monoisotopic (exact) mass is 220 g/mol. The zero-order valence-corrected chi connectivity index (χ0v) is 9.09. The highest BCUT2D eigenvalue weighted by Gasteiger charge is 2.17. The highest BCUT2D eigenvalue weighted by molar-refractivity contribution is 6.03. The van der Waals surface area contributed by atoms with Gasteiger partial charge in [-0.05, 0) is 19.9 Å². The van der Waals surface area contributed by atoms with Crippen molar-refractivity contribution >= 4 is 17.0 Å². The van der Waals surface area contributed by atoms with Gasteiger partial charge in [0.1, 0.15) is 5.56 Å². The van der Waals surface area contributed by atoms with E-state index in [9.17, 15) is 9.59 Å². The summed E-state index contributed by atoms with van der Waals surface area (Å²) in [4.78, 5) is 28.5. The predicted molar refractivity (Wildman–Crippen MR) is 59.6 cm³/mol. The molecule has 0 aliphatic heterocycles. The first-order valence-corrected chi connectivity index (χ1v) is 5.02. The van der Waals surface area contributed by atoms with E-state index in [0.29, 0.717) is 23.4 Å². The first kappa shape index (κ1) is 10.5. The van der Waals surface area contributed by atoms with Crippen molar-refractivity contribution in [2.75, 3.05) is 6.61 Å². The Labute approximate surface area is 91.4 Å². The molecule has 2 aromatic rings. The molecule has 0 amide bonds. The van der Waals surface area contributed by atoms with Crippen LogP contribution in [0.15, 0.2) is 16.9 Å². The molecule has 0 radical (unpaired) electrons. The largest absolute Gasteiger partial charge is 0.462 e. The van der Waals surface area contributed by atoms with Gasteiger partial charge >= 0.3 is 5.97 Å². The van der Waals surface area contributed by atoms with E-state index in [-0.39, 0.29) is 5.56 Å². The number of aromatic amines is 2. The van der Waals surface area contributed by atoms with Crippen LogP contribution in [0.2, 0.25) is 0 Å². The first-order valence-electron chi connectivity index (χ1n) is 5.02. The summed E-state index contributed by atoms with van der Waals surface area (Å²) in [7, 11) is 0. The minimum atomic E-state index is -0.423.